The Morgan fingerprint density at radius 3 is 1.70 bits per heavy atom. The van der Waals surface area contributed by atoms with Crippen molar-refractivity contribution in [3.63, 3.8) is 0 Å². The molecule has 0 saturated carbocycles. The van der Waals surface area contributed by atoms with Crippen molar-refractivity contribution in [3.05, 3.63) is 0 Å². The number of carbonyl (C=O) groups is 1. The summed E-state index contributed by atoms with van der Waals surface area (Å²) in [5.41, 5.74) is 5.51. The van der Waals surface area contributed by atoms with E-state index in [1.165, 1.54) is 11.8 Å². The lowest BCUT2D eigenvalue weighted by Crippen LogP contribution is -2.43. The lowest BCUT2D eigenvalue weighted by atomic mass is 10.2. The van der Waals surface area contributed by atoms with Gasteiger partial charge in [-0.3, -0.25) is 4.79 Å². The zero-order chi connectivity index (χ0) is 21.1. The summed E-state index contributed by atoms with van der Waals surface area (Å²) < 4.78 is 16.9. The Balaban J connectivity index is 4.76. The molecule has 6 nitrogen and oxygen atoms in total. The summed E-state index contributed by atoms with van der Waals surface area (Å²) >= 11 is 1.19. The number of rotatable bonds is 14. The van der Waals surface area contributed by atoms with Gasteiger partial charge >= 0.3 is 0 Å². The average molecular weight is 424 g/mol. The molecule has 0 heterocycles. The first-order valence-corrected chi connectivity index (χ1v) is 12.1. The standard InChI is InChI=1S/C19H42N3O3PS/c1-14(2)21(15(3)4)26(22(16(5)6)17(7)8)25-11-10-24-13-27-19(23)18(9)12-20/h14-18H,10-13,20H2,1-9H3. The van der Waals surface area contributed by atoms with Crippen molar-refractivity contribution in [1.82, 2.24) is 9.34 Å². The van der Waals surface area contributed by atoms with E-state index in [4.69, 9.17) is 15.0 Å². The van der Waals surface area contributed by atoms with E-state index in [1.54, 1.807) is 0 Å². The van der Waals surface area contributed by atoms with Crippen LogP contribution in [0.3, 0.4) is 0 Å². The third kappa shape index (κ3) is 10.0. The first kappa shape index (κ1) is 27.2. The molecule has 0 amide bonds. The van der Waals surface area contributed by atoms with Crippen molar-refractivity contribution >= 4 is 25.3 Å². The summed E-state index contributed by atoms with van der Waals surface area (Å²) in [5, 5.41) is 0.0808. The maximum atomic E-state index is 11.8. The van der Waals surface area contributed by atoms with Crippen LogP contribution in [0.25, 0.3) is 0 Å². The Morgan fingerprint density at radius 2 is 1.33 bits per heavy atom. The molecule has 0 aromatic carbocycles. The van der Waals surface area contributed by atoms with Gasteiger partial charge in [0.25, 0.3) is 0 Å². The predicted octanol–water partition coefficient (Wildman–Crippen LogP) is 4.30. The van der Waals surface area contributed by atoms with Gasteiger partial charge in [-0.15, -0.1) is 0 Å². The van der Waals surface area contributed by atoms with Gasteiger partial charge in [-0.2, -0.15) is 0 Å². The molecule has 8 heteroatoms. The molecule has 27 heavy (non-hydrogen) atoms. The van der Waals surface area contributed by atoms with Gasteiger partial charge in [0.05, 0.1) is 19.2 Å². The van der Waals surface area contributed by atoms with E-state index in [0.29, 0.717) is 49.9 Å². The third-order valence-electron chi connectivity index (χ3n) is 3.99. The van der Waals surface area contributed by atoms with Crippen LogP contribution in [0.4, 0.5) is 0 Å². The second-order valence-corrected chi connectivity index (χ2v) is 10.5. The van der Waals surface area contributed by atoms with Gasteiger partial charge in [0, 0.05) is 36.6 Å². The number of carbonyl (C=O) groups excluding carboxylic acids is 1. The molecular formula is C19H42N3O3PS. The summed E-state index contributed by atoms with van der Waals surface area (Å²) in [6, 6.07) is 1.57. The van der Waals surface area contributed by atoms with Crippen LogP contribution in [-0.4, -0.2) is 64.3 Å². The number of hydrogen-bond acceptors (Lipinski definition) is 7. The molecule has 0 radical (unpaired) electrons. The number of ether oxygens (including phenoxy) is 1. The van der Waals surface area contributed by atoms with Gasteiger partial charge in [-0.1, -0.05) is 18.7 Å². The highest BCUT2D eigenvalue weighted by atomic mass is 32.2. The van der Waals surface area contributed by atoms with Crippen LogP contribution in [-0.2, 0) is 14.1 Å². The van der Waals surface area contributed by atoms with E-state index in [1.807, 2.05) is 6.92 Å². The van der Waals surface area contributed by atoms with Crippen LogP contribution < -0.4 is 5.73 Å². The van der Waals surface area contributed by atoms with E-state index in [-0.39, 0.29) is 11.0 Å². The second-order valence-electron chi connectivity index (χ2n) is 7.85. The molecular weight excluding hydrogens is 381 g/mol. The van der Waals surface area contributed by atoms with E-state index < -0.39 is 8.45 Å². The molecule has 0 aromatic heterocycles. The number of hydrogen-bond donors (Lipinski definition) is 1. The van der Waals surface area contributed by atoms with Crippen molar-refractivity contribution in [3.8, 4) is 0 Å². The minimum atomic E-state index is -0.895. The molecule has 0 rings (SSSR count). The Kier molecular flexibility index (Phi) is 14.4. The minimum Gasteiger partial charge on any atom is -0.368 e. The minimum absolute atomic E-state index is 0.0808. The molecule has 0 aliphatic carbocycles. The Morgan fingerprint density at radius 1 is 0.889 bits per heavy atom. The smallest absolute Gasteiger partial charge is 0.195 e. The second kappa shape index (κ2) is 14.3. The molecule has 1 atom stereocenters. The van der Waals surface area contributed by atoms with E-state index >= 15 is 0 Å². The SMILES string of the molecule is CC(CN)C(=O)SCOCCOP(N(C(C)C)C(C)C)N(C(C)C)C(C)C. The van der Waals surface area contributed by atoms with Crippen LogP contribution in [0.15, 0.2) is 0 Å². The molecule has 162 valence electrons. The van der Waals surface area contributed by atoms with Crippen LogP contribution in [0, 0.1) is 5.92 Å². The summed E-state index contributed by atoms with van der Waals surface area (Å²) in [7, 11) is -0.895. The predicted molar refractivity (Wildman–Crippen MR) is 119 cm³/mol. The van der Waals surface area contributed by atoms with E-state index in [0.717, 1.165) is 0 Å². The highest BCUT2D eigenvalue weighted by Crippen LogP contribution is 2.50. The molecule has 0 aliphatic heterocycles. The maximum Gasteiger partial charge on any atom is 0.195 e. The number of nitrogens with two attached hydrogens (primary N) is 1. The van der Waals surface area contributed by atoms with E-state index in [9.17, 15) is 4.79 Å². The Labute approximate surface area is 172 Å². The fraction of sp³-hybridized carbons (Fsp3) is 0.947. The lowest BCUT2D eigenvalue weighted by Gasteiger charge is -2.45. The zero-order valence-electron chi connectivity index (χ0n) is 18.8. The molecule has 0 bridgehead atoms. The molecule has 1 unspecified atom stereocenters. The van der Waals surface area contributed by atoms with Crippen molar-refractivity contribution < 1.29 is 14.1 Å². The third-order valence-corrected chi connectivity index (χ3v) is 8.01. The van der Waals surface area contributed by atoms with Gasteiger partial charge in [-0.25, -0.2) is 9.34 Å². The first-order chi connectivity index (χ1) is 12.5. The van der Waals surface area contributed by atoms with Gasteiger partial charge < -0.3 is 15.0 Å². The molecule has 0 spiro atoms. The lowest BCUT2D eigenvalue weighted by molar-refractivity contribution is -0.113. The fourth-order valence-electron chi connectivity index (χ4n) is 2.81. The molecule has 0 fully saturated rings. The van der Waals surface area contributed by atoms with Gasteiger partial charge in [0.2, 0.25) is 0 Å². The molecule has 2 N–H and O–H groups in total. The quantitative estimate of drug-likeness (QED) is 0.254. The monoisotopic (exact) mass is 423 g/mol. The largest absolute Gasteiger partial charge is 0.368 e. The topological polar surface area (TPSA) is 68.0 Å². The normalized spacial score (nSPS) is 14.0. The summed E-state index contributed by atoms with van der Waals surface area (Å²) in [5.74, 6) is 0.222. The maximum absolute atomic E-state index is 11.8. The van der Waals surface area contributed by atoms with Crippen molar-refractivity contribution in [2.75, 3.05) is 25.7 Å². The highest BCUT2D eigenvalue weighted by molar-refractivity contribution is 8.13. The Hall–Kier alpha value is 0.250. The van der Waals surface area contributed by atoms with Gasteiger partial charge in [-0.05, 0) is 55.4 Å². The fourth-order valence-corrected chi connectivity index (χ4v) is 5.83. The Bertz CT molecular complexity index is 376. The van der Waals surface area contributed by atoms with Crippen molar-refractivity contribution in [1.29, 1.82) is 0 Å². The summed E-state index contributed by atoms with van der Waals surface area (Å²) in [4.78, 5) is 11.8. The molecule has 0 saturated heterocycles. The van der Waals surface area contributed by atoms with Gasteiger partial charge in [0.1, 0.15) is 0 Å². The average Bonchev–Trinajstić information content (AvgIpc) is 2.55. The van der Waals surface area contributed by atoms with Crippen LogP contribution >= 0.6 is 20.2 Å². The zero-order valence-corrected chi connectivity index (χ0v) is 20.5. The highest BCUT2D eigenvalue weighted by Gasteiger charge is 2.34. The van der Waals surface area contributed by atoms with Crippen molar-refractivity contribution in [2.45, 2.75) is 86.5 Å². The first-order valence-electron chi connectivity index (χ1n) is 9.98. The van der Waals surface area contributed by atoms with Gasteiger partial charge in [0.15, 0.2) is 13.6 Å². The van der Waals surface area contributed by atoms with Crippen LogP contribution in [0.5, 0.6) is 0 Å². The van der Waals surface area contributed by atoms with Crippen molar-refractivity contribution in [2.24, 2.45) is 11.7 Å². The van der Waals surface area contributed by atoms with Crippen LogP contribution in [0.1, 0.15) is 62.3 Å². The molecule has 0 aliphatic rings. The summed E-state index contributed by atoms with van der Waals surface area (Å²) in [6.07, 6.45) is 0. The summed E-state index contributed by atoms with van der Waals surface area (Å²) in [6.45, 7) is 20.9. The van der Waals surface area contributed by atoms with E-state index in [2.05, 4.69) is 64.7 Å². The number of thioether (sulfide) groups is 1. The number of nitrogens with zero attached hydrogens (tertiary/aromatic N) is 2. The molecule has 0 aromatic rings. The van der Waals surface area contributed by atoms with Crippen LogP contribution in [0.2, 0.25) is 0 Å².